The van der Waals surface area contributed by atoms with Crippen LogP contribution < -0.4 is 0 Å². The lowest BCUT2D eigenvalue weighted by Crippen LogP contribution is -2.36. The van der Waals surface area contributed by atoms with E-state index in [0.29, 0.717) is 12.0 Å². The van der Waals surface area contributed by atoms with Crippen molar-refractivity contribution in [2.24, 2.45) is 5.92 Å². The van der Waals surface area contributed by atoms with Crippen LogP contribution in [-0.4, -0.2) is 25.9 Å². The fourth-order valence-corrected chi connectivity index (χ4v) is 1.37. The van der Waals surface area contributed by atoms with E-state index in [1.165, 1.54) is 0 Å². The van der Waals surface area contributed by atoms with Gasteiger partial charge in [0.15, 0.2) is 0 Å². The molecule has 1 fully saturated rings. The first kappa shape index (κ1) is 8.02. The quantitative estimate of drug-likeness (QED) is 0.554. The Morgan fingerprint density at radius 2 is 2.10 bits per heavy atom. The fraction of sp³-hybridized carbons (Fsp3) is 1.00. The second kappa shape index (κ2) is 3.35. The normalized spacial score (nSPS) is 41.7. The second-order valence-corrected chi connectivity index (χ2v) is 3.15. The largest absolute Gasteiger partial charge is 0.379 e. The van der Waals surface area contributed by atoms with Crippen LogP contribution in [0.1, 0.15) is 20.3 Å². The summed E-state index contributed by atoms with van der Waals surface area (Å²) in [6, 6.07) is 0. The molecule has 0 saturated carbocycles. The maximum Gasteiger partial charge on any atom is 0.0833 e. The summed E-state index contributed by atoms with van der Waals surface area (Å²) in [6.45, 7) is 5.15. The number of hydrogen-bond acceptors (Lipinski definition) is 2. The van der Waals surface area contributed by atoms with Crippen LogP contribution in [-0.2, 0) is 9.47 Å². The zero-order valence-electron chi connectivity index (χ0n) is 6.96. The van der Waals surface area contributed by atoms with Crippen LogP contribution in [0.4, 0.5) is 0 Å². The SMILES string of the molecule is CO[C@H]1C[C@H](C)CO[C@@H]1C. The third-order valence-corrected chi connectivity index (χ3v) is 2.10. The lowest BCUT2D eigenvalue weighted by Gasteiger charge is -2.31. The van der Waals surface area contributed by atoms with Gasteiger partial charge in [-0.25, -0.2) is 0 Å². The number of methoxy groups -OCH3 is 1. The average Bonchev–Trinajstić information content (AvgIpc) is 1.94. The summed E-state index contributed by atoms with van der Waals surface area (Å²) in [5.74, 6) is 0.654. The molecule has 60 valence electrons. The third-order valence-electron chi connectivity index (χ3n) is 2.10. The van der Waals surface area contributed by atoms with Crippen LogP contribution in [0.2, 0.25) is 0 Å². The molecule has 0 aromatic heterocycles. The standard InChI is InChI=1S/C8H16O2/c1-6-4-8(9-3)7(2)10-5-6/h6-8H,4-5H2,1-3H3/t6-,7+,8-/m0/s1. The molecule has 2 heteroatoms. The molecule has 0 spiro atoms. The highest BCUT2D eigenvalue weighted by Crippen LogP contribution is 2.20. The Morgan fingerprint density at radius 1 is 1.40 bits per heavy atom. The van der Waals surface area contributed by atoms with Gasteiger partial charge in [-0.1, -0.05) is 6.92 Å². The highest BCUT2D eigenvalue weighted by molar-refractivity contribution is 4.74. The van der Waals surface area contributed by atoms with Crippen LogP contribution >= 0.6 is 0 Å². The molecule has 1 heterocycles. The van der Waals surface area contributed by atoms with Crippen molar-refractivity contribution in [2.75, 3.05) is 13.7 Å². The molecule has 0 aliphatic carbocycles. The molecule has 0 bridgehead atoms. The van der Waals surface area contributed by atoms with E-state index in [2.05, 4.69) is 13.8 Å². The molecule has 3 atom stereocenters. The van der Waals surface area contributed by atoms with Gasteiger partial charge in [0, 0.05) is 13.7 Å². The molecule has 0 aromatic rings. The summed E-state index contributed by atoms with van der Waals surface area (Å²) in [6.07, 6.45) is 1.72. The minimum Gasteiger partial charge on any atom is -0.379 e. The predicted octanol–water partition coefficient (Wildman–Crippen LogP) is 1.45. The first-order valence-corrected chi connectivity index (χ1v) is 3.88. The first-order valence-electron chi connectivity index (χ1n) is 3.88. The molecule has 0 aromatic carbocycles. The van der Waals surface area contributed by atoms with E-state index in [-0.39, 0.29) is 6.10 Å². The van der Waals surface area contributed by atoms with E-state index in [4.69, 9.17) is 9.47 Å². The summed E-state index contributed by atoms with van der Waals surface area (Å²) >= 11 is 0. The zero-order valence-corrected chi connectivity index (χ0v) is 6.96. The van der Waals surface area contributed by atoms with E-state index < -0.39 is 0 Å². The third kappa shape index (κ3) is 1.70. The zero-order chi connectivity index (χ0) is 7.56. The molecule has 0 unspecified atom stereocenters. The predicted molar refractivity (Wildman–Crippen MR) is 40.0 cm³/mol. The van der Waals surface area contributed by atoms with Crippen molar-refractivity contribution in [1.82, 2.24) is 0 Å². The number of hydrogen-bond donors (Lipinski definition) is 0. The van der Waals surface area contributed by atoms with Crippen LogP contribution in [0.25, 0.3) is 0 Å². The van der Waals surface area contributed by atoms with E-state index in [1.807, 2.05) is 0 Å². The highest BCUT2D eigenvalue weighted by atomic mass is 16.5. The lowest BCUT2D eigenvalue weighted by atomic mass is 9.98. The molecule has 0 amide bonds. The maximum absolute atomic E-state index is 5.47. The van der Waals surface area contributed by atoms with Gasteiger partial charge in [0.05, 0.1) is 12.2 Å². The van der Waals surface area contributed by atoms with Crippen molar-refractivity contribution in [3.05, 3.63) is 0 Å². The molecular formula is C8H16O2. The Kier molecular flexibility index (Phi) is 2.69. The summed E-state index contributed by atoms with van der Waals surface area (Å²) in [5, 5.41) is 0. The molecular weight excluding hydrogens is 128 g/mol. The van der Waals surface area contributed by atoms with Gasteiger partial charge in [0.2, 0.25) is 0 Å². The van der Waals surface area contributed by atoms with Gasteiger partial charge in [-0.2, -0.15) is 0 Å². The molecule has 0 N–H and O–H groups in total. The smallest absolute Gasteiger partial charge is 0.0833 e. The van der Waals surface area contributed by atoms with Crippen LogP contribution in [0.15, 0.2) is 0 Å². The summed E-state index contributed by atoms with van der Waals surface area (Å²) in [7, 11) is 1.75. The van der Waals surface area contributed by atoms with Crippen LogP contribution in [0.5, 0.6) is 0 Å². The Hall–Kier alpha value is -0.0800. The molecule has 0 radical (unpaired) electrons. The summed E-state index contributed by atoms with van der Waals surface area (Å²) in [5.41, 5.74) is 0. The molecule has 1 aliphatic heterocycles. The summed E-state index contributed by atoms with van der Waals surface area (Å²) < 4.78 is 10.7. The van der Waals surface area contributed by atoms with Gasteiger partial charge in [0.25, 0.3) is 0 Å². The van der Waals surface area contributed by atoms with E-state index in [1.54, 1.807) is 7.11 Å². The van der Waals surface area contributed by atoms with Crippen molar-refractivity contribution in [3.8, 4) is 0 Å². The number of ether oxygens (including phenoxy) is 2. The topological polar surface area (TPSA) is 18.5 Å². The van der Waals surface area contributed by atoms with Gasteiger partial charge in [-0.3, -0.25) is 0 Å². The Morgan fingerprint density at radius 3 is 2.60 bits per heavy atom. The van der Waals surface area contributed by atoms with Gasteiger partial charge >= 0.3 is 0 Å². The maximum atomic E-state index is 5.47. The first-order chi connectivity index (χ1) is 4.74. The van der Waals surface area contributed by atoms with E-state index >= 15 is 0 Å². The van der Waals surface area contributed by atoms with Crippen LogP contribution in [0.3, 0.4) is 0 Å². The van der Waals surface area contributed by atoms with Crippen molar-refractivity contribution in [1.29, 1.82) is 0 Å². The Balaban J connectivity index is 2.38. The second-order valence-electron chi connectivity index (χ2n) is 3.15. The van der Waals surface area contributed by atoms with Crippen molar-refractivity contribution in [3.63, 3.8) is 0 Å². The van der Waals surface area contributed by atoms with Gasteiger partial charge in [0.1, 0.15) is 0 Å². The molecule has 1 saturated heterocycles. The Bertz CT molecular complexity index is 103. The highest BCUT2D eigenvalue weighted by Gasteiger charge is 2.25. The van der Waals surface area contributed by atoms with Crippen molar-refractivity contribution < 1.29 is 9.47 Å². The average molecular weight is 144 g/mol. The Labute approximate surface area is 62.5 Å². The monoisotopic (exact) mass is 144 g/mol. The van der Waals surface area contributed by atoms with Crippen molar-refractivity contribution in [2.45, 2.75) is 32.5 Å². The lowest BCUT2D eigenvalue weighted by molar-refractivity contribution is -0.101. The van der Waals surface area contributed by atoms with Gasteiger partial charge < -0.3 is 9.47 Å². The van der Waals surface area contributed by atoms with Crippen molar-refractivity contribution >= 4 is 0 Å². The minimum absolute atomic E-state index is 0.279. The fourth-order valence-electron chi connectivity index (χ4n) is 1.37. The molecule has 1 aliphatic rings. The van der Waals surface area contributed by atoms with E-state index in [9.17, 15) is 0 Å². The van der Waals surface area contributed by atoms with Crippen LogP contribution in [0, 0.1) is 5.92 Å². The molecule has 2 nitrogen and oxygen atoms in total. The van der Waals surface area contributed by atoms with Gasteiger partial charge in [-0.05, 0) is 19.3 Å². The number of rotatable bonds is 1. The minimum atomic E-state index is 0.279. The molecule has 1 rings (SSSR count). The van der Waals surface area contributed by atoms with E-state index in [0.717, 1.165) is 13.0 Å². The molecule has 10 heavy (non-hydrogen) atoms. The van der Waals surface area contributed by atoms with Gasteiger partial charge in [-0.15, -0.1) is 0 Å². The summed E-state index contributed by atoms with van der Waals surface area (Å²) in [4.78, 5) is 0.